The molecule has 8 nitrogen and oxygen atoms in total. The molecule has 0 saturated carbocycles. The Labute approximate surface area is 134 Å². The third kappa shape index (κ3) is 4.79. The molecule has 0 bridgehead atoms. The average molecular weight is 336 g/mol. The Morgan fingerprint density at radius 2 is 1.91 bits per heavy atom. The van der Waals surface area contributed by atoms with E-state index >= 15 is 0 Å². The largest absolute Gasteiger partial charge is 0.378 e. The monoisotopic (exact) mass is 336 g/mol. The lowest BCUT2D eigenvalue weighted by Gasteiger charge is -2.25. The summed E-state index contributed by atoms with van der Waals surface area (Å²) in [5.74, 6) is -0.567. The molecule has 1 heterocycles. The van der Waals surface area contributed by atoms with Crippen LogP contribution in [-0.4, -0.2) is 45.5 Å². The maximum absolute atomic E-state index is 12.1. The molecule has 122 valence electrons. The van der Waals surface area contributed by atoms with E-state index in [9.17, 15) is 13.2 Å². The number of primary sulfonamides is 1. The number of hydrogen-bond acceptors (Lipinski definition) is 6. The van der Waals surface area contributed by atoms with Gasteiger partial charge in [0.25, 0.3) is 5.91 Å². The summed E-state index contributed by atoms with van der Waals surface area (Å²) in [6, 6.07) is 7.22. The van der Waals surface area contributed by atoms with Crippen LogP contribution in [0.25, 0.3) is 0 Å². The molecule has 1 aliphatic heterocycles. The Bertz CT molecular complexity index is 744. The molecule has 0 aromatic heterocycles. The average Bonchev–Trinajstić information content (AvgIpc) is 2.53. The van der Waals surface area contributed by atoms with Crippen molar-refractivity contribution in [3.8, 4) is 6.07 Å². The van der Waals surface area contributed by atoms with Crippen molar-refractivity contribution in [3.63, 3.8) is 0 Å². The van der Waals surface area contributed by atoms with E-state index in [1.807, 2.05) is 11.0 Å². The number of rotatable bonds is 4. The maximum Gasteiger partial charge on any atom is 0.267 e. The molecule has 0 unspecified atom stereocenters. The highest BCUT2D eigenvalue weighted by molar-refractivity contribution is 7.89. The molecule has 3 N–H and O–H groups in total. The van der Waals surface area contributed by atoms with E-state index in [-0.39, 0.29) is 10.5 Å². The first-order valence-corrected chi connectivity index (χ1v) is 8.33. The van der Waals surface area contributed by atoms with Gasteiger partial charge in [-0.15, -0.1) is 0 Å². The van der Waals surface area contributed by atoms with Gasteiger partial charge in [-0.1, -0.05) is 0 Å². The Morgan fingerprint density at radius 3 is 2.43 bits per heavy atom. The van der Waals surface area contributed by atoms with Crippen molar-refractivity contribution in [2.24, 2.45) is 5.14 Å². The lowest BCUT2D eigenvalue weighted by molar-refractivity contribution is -0.112. The summed E-state index contributed by atoms with van der Waals surface area (Å²) in [5.41, 5.74) is 0.327. The molecule has 2 rings (SSSR count). The molecule has 0 spiro atoms. The fourth-order valence-electron chi connectivity index (χ4n) is 1.95. The van der Waals surface area contributed by atoms with Crippen LogP contribution < -0.4 is 10.5 Å². The van der Waals surface area contributed by atoms with Gasteiger partial charge >= 0.3 is 0 Å². The molecule has 1 amide bonds. The first-order valence-electron chi connectivity index (χ1n) is 6.78. The predicted octanol–water partition coefficient (Wildman–Crippen LogP) is 0.0122. The summed E-state index contributed by atoms with van der Waals surface area (Å²) in [4.78, 5) is 13.9. The number of nitrogens with one attached hydrogen (secondary N) is 1. The zero-order valence-corrected chi connectivity index (χ0v) is 13.0. The number of morpholine rings is 1. The van der Waals surface area contributed by atoms with Crippen LogP contribution >= 0.6 is 0 Å². The molecule has 1 aromatic rings. The Hall–Kier alpha value is -2.41. The number of sulfonamides is 1. The van der Waals surface area contributed by atoms with Gasteiger partial charge in [0, 0.05) is 25.0 Å². The molecular weight excluding hydrogens is 320 g/mol. The van der Waals surface area contributed by atoms with E-state index in [0.717, 1.165) is 0 Å². The second kappa shape index (κ2) is 7.23. The lowest BCUT2D eigenvalue weighted by atomic mass is 10.2. The SMILES string of the molecule is N#C/C(=C/N1CCOCC1)C(=O)Nc1ccc(S(N)(=O)=O)cc1. The van der Waals surface area contributed by atoms with Gasteiger partial charge in [0.15, 0.2) is 0 Å². The summed E-state index contributed by atoms with van der Waals surface area (Å²) in [5, 5.41) is 16.7. The third-order valence-corrected chi connectivity index (χ3v) is 4.09. The van der Waals surface area contributed by atoms with Gasteiger partial charge in [0.05, 0.1) is 18.1 Å². The van der Waals surface area contributed by atoms with Crippen LogP contribution in [0.5, 0.6) is 0 Å². The van der Waals surface area contributed by atoms with Crippen LogP contribution in [0.15, 0.2) is 40.9 Å². The fraction of sp³-hybridized carbons (Fsp3) is 0.286. The number of nitriles is 1. The molecule has 0 radical (unpaired) electrons. The minimum atomic E-state index is -3.78. The van der Waals surface area contributed by atoms with Gasteiger partial charge in [-0.25, -0.2) is 13.6 Å². The minimum absolute atomic E-state index is 0.0394. The standard InChI is InChI=1S/C14H16N4O4S/c15-9-11(10-18-5-7-22-8-6-18)14(19)17-12-1-3-13(4-2-12)23(16,20)21/h1-4,10H,5-8H2,(H,17,19)(H2,16,20,21)/b11-10-. The van der Waals surface area contributed by atoms with E-state index in [4.69, 9.17) is 15.1 Å². The van der Waals surface area contributed by atoms with Crippen LogP contribution in [-0.2, 0) is 19.6 Å². The fourth-order valence-corrected chi connectivity index (χ4v) is 2.47. The number of nitrogens with zero attached hydrogens (tertiary/aromatic N) is 2. The van der Waals surface area contributed by atoms with Crippen LogP contribution in [0, 0.1) is 11.3 Å². The van der Waals surface area contributed by atoms with Gasteiger partial charge in [0.2, 0.25) is 10.0 Å². The van der Waals surface area contributed by atoms with Gasteiger partial charge in [-0.3, -0.25) is 4.79 Å². The van der Waals surface area contributed by atoms with Crippen molar-refractivity contribution in [3.05, 3.63) is 36.0 Å². The molecule has 0 atom stereocenters. The van der Waals surface area contributed by atoms with Crippen LogP contribution in [0.2, 0.25) is 0 Å². The van der Waals surface area contributed by atoms with Crippen LogP contribution in [0.3, 0.4) is 0 Å². The quantitative estimate of drug-likeness (QED) is 0.589. The third-order valence-electron chi connectivity index (χ3n) is 3.16. The molecule has 9 heteroatoms. The number of carbonyl (C=O) groups excluding carboxylic acids is 1. The predicted molar refractivity (Wildman–Crippen MR) is 82.5 cm³/mol. The second-order valence-electron chi connectivity index (χ2n) is 4.83. The van der Waals surface area contributed by atoms with Gasteiger partial charge < -0.3 is 15.0 Å². The highest BCUT2D eigenvalue weighted by Gasteiger charge is 2.14. The molecule has 1 fully saturated rings. The molecular formula is C14H16N4O4S. The molecule has 23 heavy (non-hydrogen) atoms. The van der Waals surface area contributed by atoms with Crippen molar-refractivity contribution < 1.29 is 17.9 Å². The van der Waals surface area contributed by atoms with E-state index in [2.05, 4.69) is 5.32 Å². The number of benzene rings is 1. The summed E-state index contributed by atoms with van der Waals surface area (Å²) in [6.45, 7) is 2.32. The summed E-state index contributed by atoms with van der Waals surface area (Å²) in [7, 11) is -3.78. The summed E-state index contributed by atoms with van der Waals surface area (Å²) >= 11 is 0. The zero-order chi connectivity index (χ0) is 16.9. The van der Waals surface area contributed by atoms with Crippen molar-refractivity contribution in [2.45, 2.75) is 4.90 Å². The topological polar surface area (TPSA) is 126 Å². The number of hydrogen-bond donors (Lipinski definition) is 2. The van der Waals surface area contributed by atoms with Crippen LogP contribution in [0.4, 0.5) is 5.69 Å². The molecule has 1 aromatic carbocycles. The van der Waals surface area contributed by atoms with Gasteiger partial charge in [-0.2, -0.15) is 5.26 Å². The van der Waals surface area contributed by atoms with E-state index in [0.29, 0.717) is 32.0 Å². The smallest absolute Gasteiger partial charge is 0.267 e. The second-order valence-corrected chi connectivity index (χ2v) is 6.39. The van der Waals surface area contributed by atoms with E-state index in [1.54, 1.807) is 0 Å². The minimum Gasteiger partial charge on any atom is -0.378 e. The first-order chi connectivity index (χ1) is 10.9. The summed E-state index contributed by atoms with van der Waals surface area (Å²) in [6.07, 6.45) is 1.50. The van der Waals surface area contributed by atoms with E-state index in [1.165, 1.54) is 30.5 Å². The lowest BCUT2D eigenvalue weighted by Crippen LogP contribution is -2.33. The van der Waals surface area contributed by atoms with Crippen molar-refractivity contribution in [1.82, 2.24) is 4.90 Å². The maximum atomic E-state index is 12.1. The highest BCUT2D eigenvalue weighted by Crippen LogP contribution is 2.14. The zero-order valence-electron chi connectivity index (χ0n) is 12.2. The molecule has 1 aliphatic rings. The number of nitrogens with two attached hydrogens (primary N) is 1. The van der Waals surface area contributed by atoms with Gasteiger partial charge in [-0.05, 0) is 24.3 Å². The number of amides is 1. The normalized spacial score (nSPS) is 15.8. The Kier molecular flexibility index (Phi) is 5.33. The van der Waals surface area contributed by atoms with Crippen molar-refractivity contribution in [1.29, 1.82) is 5.26 Å². The Balaban J connectivity index is 2.07. The Morgan fingerprint density at radius 1 is 1.30 bits per heavy atom. The van der Waals surface area contributed by atoms with Gasteiger partial charge in [0.1, 0.15) is 11.6 Å². The van der Waals surface area contributed by atoms with Crippen LogP contribution in [0.1, 0.15) is 0 Å². The van der Waals surface area contributed by atoms with Crippen molar-refractivity contribution >= 4 is 21.6 Å². The number of ether oxygens (including phenoxy) is 1. The summed E-state index contributed by atoms with van der Waals surface area (Å²) < 4.78 is 27.5. The number of carbonyl (C=O) groups is 1. The van der Waals surface area contributed by atoms with Crippen molar-refractivity contribution in [2.75, 3.05) is 31.6 Å². The highest BCUT2D eigenvalue weighted by atomic mass is 32.2. The first kappa shape index (κ1) is 17.0. The molecule has 0 aliphatic carbocycles. The number of anilines is 1. The molecule has 1 saturated heterocycles. The van der Waals surface area contributed by atoms with E-state index < -0.39 is 15.9 Å².